The summed E-state index contributed by atoms with van der Waals surface area (Å²) >= 11 is 2.99. The Morgan fingerprint density at radius 3 is 2.39 bits per heavy atom. The van der Waals surface area contributed by atoms with Crippen molar-refractivity contribution >= 4 is 43.5 Å². The normalized spacial score (nSPS) is 29.5. The third-order valence-electron chi connectivity index (χ3n) is 6.25. The van der Waals surface area contributed by atoms with E-state index >= 15 is 0 Å². The molecule has 0 radical (unpaired) electrons. The van der Waals surface area contributed by atoms with Gasteiger partial charge in [0.2, 0.25) is 6.23 Å². The fourth-order valence-corrected chi connectivity index (χ4v) is 6.54. The summed E-state index contributed by atoms with van der Waals surface area (Å²) in [6.45, 7) is -2.20. The van der Waals surface area contributed by atoms with Gasteiger partial charge >= 0.3 is 32.9 Å². The highest BCUT2D eigenvalue weighted by atomic mass is 79.9. The zero-order valence-electron chi connectivity index (χ0n) is 21.8. The maximum atomic E-state index is 14.6. The van der Waals surface area contributed by atoms with Crippen molar-refractivity contribution in [2.24, 2.45) is 0 Å². The van der Waals surface area contributed by atoms with Crippen LogP contribution < -0.4 is 22.7 Å². The number of hydrogen-bond donors (Lipinski definition) is 6. The van der Waals surface area contributed by atoms with Crippen LogP contribution in [0.25, 0.3) is 6.08 Å². The number of nitrogens with one attached hydrogen (secondary N) is 1. The zero-order valence-corrected chi connectivity index (χ0v) is 25.2. The van der Waals surface area contributed by atoms with Crippen LogP contribution in [0.4, 0.5) is 14.6 Å². The van der Waals surface area contributed by atoms with E-state index in [1.807, 2.05) is 0 Å². The van der Waals surface area contributed by atoms with Gasteiger partial charge in [-0.3, -0.25) is 28.0 Å². The van der Waals surface area contributed by atoms with E-state index in [1.54, 1.807) is 0 Å². The molecule has 0 bridgehead atoms. The van der Waals surface area contributed by atoms with Gasteiger partial charge in [0.1, 0.15) is 24.3 Å². The molecular weight excluding hydrogens is 714 g/mol. The Hall–Kier alpha value is -2.46. The van der Waals surface area contributed by atoms with Crippen molar-refractivity contribution in [1.82, 2.24) is 19.1 Å². The van der Waals surface area contributed by atoms with Gasteiger partial charge in [-0.1, -0.05) is 15.9 Å². The minimum absolute atomic E-state index is 0.0529. The Bertz CT molecular complexity index is 1690. The molecule has 4 rings (SSSR count). The van der Waals surface area contributed by atoms with Gasteiger partial charge in [-0.25, -0.2) is 18.7 Å². The van der Waals surface area contributed by atoms with E-state index in [1.165, 1.54) is 11.1 Å². The number of aliphatic hydroxyl groups is 2. The van der Waals surface area contributed by atoms with Gasteiger partial charge in [0.15, 0.2) is 6.10 Å². The molecule has 2 aromatic rings. The lowest BCUT2D eigenvalue weighted by Crippen LogP contribution is -2.41. The molecule has 2 fully saturated rings. The number of phosphoric acid groups is 2. The number of phosphoric ester groups is 2. The Balaban J connectivity index is 1.34. The Labute approximate surface area is 251 Å². The number of H-pyrrole nitrogens is 1. The van der Waals surface area contributed by atoms with Crippen LogP contribution in [0.1, 0.15) is 24.4 Å². The third kappa shape index (κ3) is 7.66. The number of nitrogens with zero attached hydrogens (tertiary/aromatic N) is 3. The van der Waals surface area contributed by atoms with Gasteiger partial charge in [0.05, 0.1) is 24.9 Å². The van der Waals surface area contributed by atoms with E-state index in [9.17, 15) is 52.3 Å². The molecule has 0 aromatic carbocycles. The molecule has 0 spiro atoms. The van der Waals surface area contributed by atoms with Gasteiger partial charge in [-0.2, -0.15) is 18.1 Å². The molecule has 2 unspecified atom stereocenters. The van der Waals surface area contributed by atoms with Gasteiger partial charge in [0.25, 0.3) is 5.56 Å². The highest BCUT2D eigenvalue weighted by Crippen LogP contribution is 2.61. The number of aliphatic hydroxyl groups excluding tert-OH is 2. The molecule has 2 aromatic heterocycles. The number of anilines is 1. The van der Waals surface area contributed by atoms with Crippen LogP contribution in [0.2, 0.25) is 0 Å². The topological polar surface area (TPSA) is 277 Å². The molecule has 8 atom stereocenters. The highest BCUT2D eigenvalue weighted by molar-refractivity contribution is 9.11. The van der Waals surface area contributed by atoms with Crippen LogP contribution in [0, 0.1) is 0 Å². The Morgan fingerprint density at radius 2 is 1.77 bits per heavy atom. The minimum Gasteiger partial charge on any atom is -0.390 e. The predicted molar refractivity (Wildman–Crippen MR) is 144 cm³/mol. The van der Waals surface area contributed by atoms with E-state index in [-0.39, 0.29) is 17.8 Å². The van der Waals surface area contributed by atoms with Crippen LogP contribution in [-0.2, 0) is 32.0 Å². The van der Waals surface area contributed by atoms with Crippen LogP contribution in [-0.4, -0.2) is 82.7 Å². The summed E-state index contributed by atoms with van der Waals surface area (Å²) in [6, 6.07) is 1.00. The van der Waals surface area contributed by atoms with Crippen LogP contribution in [0.15, 0.2) is 37.8 Å². The smallest absolute Gasteiger partial charge is 0.390 e. The summed E-state index contributed by atoms with van der Waals surface area (Å²) in [6.07, 6.45) is -7.98. The number of alkyl halides is 2. The Morgan fingerprint density at radius 1 is 1.14 bits per heavy atom. The number of halogens is 3. The second-order valence-electron chi connectivity index (χ2n) is 9.27. The maximum absolute atomic E-state index is 14.6. The lowest BCUT2D eigenvalue weighted by Gasteiger charge is -2.21. The lowest BCUT2D eigenvalue weighted by atomic mass is 10.1. The minimum atomic E-state index is -5.57. The fraction of sp³-hybridized carbons (Fsp3) is 0.500. The summed E-state index contributed by atoms with van der Waals surface area (Å²) in [4.78, 5) is 62.5. The second-order valence-corrected chi connectivity index (χ2v) is 12.8. The van der Waals surface area contributed by atoms with Crippen molar-refractivity contribution in [2.75, 3.05) is 18.9 Å². The number of hydrogen-bond acceptors (Lipinski definition) is 14. The molecule has 2 aliphatic heterocycles. The quantitative estimate of drug-likeness (QED) is 0.159. The van der Waals surface area contributed by atoms with Crippen molar-refractivity contribution in [2.45, 2.75) is 49.2 Å². The van der Waals surface area contributed by atoms with E-state index in [0.29, 0.717) is 4.57 Å². The van der Waals surface area contributed by atoms with Crippen LogP contribution in [0.5, 0.6) is 0 Å². The van der Waals surface area contributed by atoms with Crippen molar-refractivity contribution < 1.29 is 60.7 Å². The fourth-order valence-electron chi connectivity index (χ4n) is 4.16. The molecule has 7 N–H and O–H groups in total. The van der Waals surface area contributed by atoms with E-state index in [4.69, 9.17) is 15.2 Å². The first-order chi connectivity index (χ1) is 20.4. The average molecular weight is 738 g/mol. The molecule has 2 saturated heterocycles. The van der Waals surface area contributed by atoms with E-state index in [2.05, 4.69) is 39.3 Å². The molecule has 0 amide bonds. The lowest BCUT2D eigenvalue weighted by molar-refractivity contribution is -0.140. The number of nitrogens with two attached hydrogens (primary N) is 1. The van der Waals surface area contributed by atoms with Crippen molar-refractivity contribution in [1.29, 1.82) is 0 Å². The summed E-state index contributed by atoms with van der Waals surface area (Å²) in [7, 11) is -11.0. The van der Waals surface area contributed by atoms with Crippen molar-refractivity contribution in [3.8, 4) is 0 Å². The first kappa shape index (κ1) is 34.4. The van der Waals surface area contributed by atoms with E-state index in [0.717, 1.165) is 23.0 Å². The van der Waals surface area contributed by atoms with Gasteiger partial charge in [0, 0.05) is 18.8 Å². The van der Waals surface area contributed by atoms with Gasteiger partial charge in [-0.15, -0.1) is 0 Å². The molecule has 24 heteroatoms. The standard InChI is InChI=1S/C20H24BrF2N5O14P2/c21-3-1-9-6-28(19(33)26-16(9)31)14-5-10(29)11(40-14)7-38-43(34,35)42-44(36,37)39-8-12-15(30)20(22,23)17(41-12)27-4-2-13(24)25-18(27)32/h1-4,6,10-12,14-15,17,29-30H,5,7-8H2,(H,34,35)(H,36,37)(H2,24,25,32)(H,26,31,33)/b3-1+/t10-,11+,12-,14+,15-,17-/m1/s1. The third-order valence-corrected chi connectivity index (χ3v) is 9.11. The first-order valence-corrected chi connectivity index (χ1v) is 16.0. The molecule has 4 heterocycles. The molecule has 2 aliphatic rings. The highest BCUT2D eigenvalue weighted by Gasteiger charge is 2.60. The zero-order chi connectivity index (χ0) is 32.6. The first-order valence-electron chi connectivity index (χ1n) is 12.1. The Kier molecular flexibility index (Phi) is 10.3. The molecule has 0 saturated carbocycles. The predicted octanol–water partition coefficient (Wildman–Crippen LogP) is -0.466. The monoisotopic (exact) mass is 737 g/mol. The number of rotatable bonds is 11. The summed E-state index contributed by atoms with van der Waals surface area (Å²) in [5.41, 5.74) is 2.54. The van der Waals surface area contributed by atoms with Gasteiger partial charge < -0.3 is 35.2 Å². The number of nitrogen functional groups attached to an aromatic ring is 1. The molecule has 0 aliphatic carbocycles. The molecular formula is C20H24BrF2N5O14P2. The molecule has 19 nitrogen and oxygen atoms in total. The average Bonchev–Trinajstić information content (AvgIpc) is 3.38. The van der Waals surface area contributed by atoms with Gasteiger partial charge in [-0.05, 0) is 17.1 Å². The SMILES string of the molecule is Nc1ccn([C@@H]2O[C@H](COP(=O)(O)OP(=O)(O)OC[C@@H]3O[C@H](n4cc(/C=C/Br)c(=O)[nH]c4=O)C[C@H]3O)[C@@H](O)C2(F)F)c(=O)n1. The van der Waals surface area contributed by atoms with E-state index < -0.39 is 88.6 Å². The maximum Gasteiger partial charge on any atom is 0.481 e. The second kappa shape index (κ2) is 13.1. The largest absolute Gasteiger partial charge is 0.481 e. The van der Waals surface area contributed by atoms with Crippen LogP contribution >= 0.6 is 31.6 Å². The molecule has 244 valence electrons. The number of aromatic amines is 1. The number of aromatic nitrogens is 4. The number of ether oxygens (including phenoxy) is 2. The summed E-state index contributed by atoms with van der Waals surface area (Å²) in [5.74, 6) is -4.41. The van der Waals surface area contributed by atoms with Crippen molar-refractivity contribution in [3.05, 3.63) is 60.3 Å². The summed E-state index contributed by atoms with van der Waals surface area (Å²) in [5, 5.41) is 20.3. The van der Waals surface area contributed by atoms with Crippen LogP contribution in [0.3, 0.4) is 0 Å². The molecule has 44 heavy (non-hydrogen) atoms. The summed E-state index contributed by atoms with van der Waals surface area (Å²) < 4.78 is 78.7. The van der Waals surface area contributed by atoms with Crippen molar-refractivity contribution in [3.63, 3.8) is 0 Å².